The third-order valence-electron chi connectivity index (χ3n) is 5.79. The van der Waals surface area contributed by atoms with Crippen molar-refractivity contribution in [3.05, 3.63) is 36.5 Å². The summed E-state index contributed by atoms with van der Waals surface area (Å²) in [4.78, 5) is 33.9. The number of sulfonamides is 1. The largest absolute Gasteiger partial charge is 0.341 e. The second-order valence-electron chi connectivity index (χ2n) is 7.89. The number of hydrogen-bond donors (Lipinski definition) is 1. The molecule has 2 aromatic rings. The topological polar surface area (TPSA) is 99.7 Å². The molecule has 4 rings (SSSR count). The van der Waals surface area contributed by atoms with Crippen LogP contribution in [0.4, 0.5) is 0 Å². The summed E-state index contributed by atoms with van der Waals surface area (Å²) in [6.07, 6.45) is 5.08. The van der Waals surface area contributed by atoms with Crippen molar-refractivity contribution >= 4 is 33.2 Å². The molecule has 2 atom stereocenters. The number of carbonyl (C=O) groups is 2. The van der Waals surface area contributed by atoms with Gasteiger partial charge in [-0.15, -0.1) is 11.3 Å². The van der Waals surface area contributed by atoms with Crippen molar-refractivity contribution in [3.8, 4) is 10.6 Å². The number of nitrogens with zero attached hydrogens (tertiary/aromatic N) is 3. The van der Waals surface area contributed by atoms with Crippen LogP contribution >= 0.6 is 11.3 Å². The summed E-state index contributed by atoms with van der Waals surface area (Å²) in [6.45, 7) is 3.52. The van der Waals surface area contributed by atoms with Gasteiger partial charge in [0, 0.05) is 25.8 Å². The van der Waals surface area contributed by atoms with E-state index in [4.69, 9.17) is 0 Å². The van der Waals surface area contributed by atoms with Crippen molar-refractivity contribution in [2.75, 3.05) is 19.6 Å². The van der Waals surface area contributed by atoms with Gasteiger partial charge in [-0.1, -0.05) is 6.07 Å². The molecule has 2 aromatic heterocycles. The molecule has 8 nitrogen and oxygen atoms in total. The third kappa shape index (κ3) is 4.65. The van der Waals surface area contributed by atoms with Crippen molar-refractivity contribution in [2.24, 2.45) is 0 Å². The Morgan fingerprint density at radius 1 is 1.16 bits per heavy atom. The van der Waals surface area contributed by atoms with Crippen LogP contribution in [0.1, 0.15) is 32.6 Å². The van der Waals surface area contributed by atoms with Crippen molar-refractivity contribution in [2.45, 2.75) is 48.9 Å². The molecule has 10 heteroatoms. The summed E-state index contributed by atoms with van der Waals surface area (Å²) in [5.41, 5.74) is 0.696. The minimum absolute atomic E-state index is 0.0604. The SMILES string of the molecule is C[C@@H](C(=O)N1CCCCC1)N1CCC(NS(=O)(=O)c2ccc(-c3ccccn3)s2)C1=O. The Morgan fingerprint density at radius 2 is 1.94 bits per heavy atom. The summed E-state index contributed by atoms with van der Waals surface area (Å²) in [5.74, 6) is -0.405. The first-order valence-electron chi connectivity index (χ1n) is 10.5. The lowest BCUT2D eigenvalue weighted by Gasteiger charge is -2.32. The molecule has 4 heterocycles. The van der Waals surface area contributed by atoms with Crippen molar-refractivity contribution in [3.63, 3.8) is 0 Å². The number of pyridine rings is 1. The van der Waals surface area contributed by atoms with Gasteiger partial charge < -0.3 is 9.80 Å². The fourth-order valence-electron chi connectivity index (χ4n) is 4.06. The molecule has 2 fully saturated rings. The van der Waals surface area contributed by atoms with E-state index in [2.05, 4.69) is 9.71 Å². The summed E-state index contributed by atoms with van der Waals surface area (Å²) >= 11 is 1.11. The highest BCUT2D eigenvalue weighted by atomic mass is 32.2. The van der Waals surface area contributed by atoms with E-state index < -0.39 is 22.1 Å². The lowest BCUT2D eigenvalue weighted by atomic mass is 10.1. The van der Waals surface area contributed by atoms with Gasteiger partial charge in [0.1, 0.15) is 16.3 Å². The van der Waals surface area contributed by atoms with E-state index in [1.807, 2.05) is 17.0 Å². The van der Waals surface area contributed by atoms with Gasteiger partial charge in [0.2, 0.25) is 11.8 Å². The van der Waals surface area contributed by atoms with E-state index in [1.165, 1.54) is 11.0 Å². The second-order valence-corrected chi connectivity index (χ2v) is 10.9. The van der Waals surface area contributed by atoms with Gasteiger partial charge in [-0.05, 0) is 56.9 Å². The number of nitrogens with one attached hydrogen (secondary N) is 1. The fourth-order valence-corrected chi connectivity index (χ4v) is 6.59. The van der Waals surface area contributed by atoms with Crippen LogP contribution in [0.5, 0.6) is 0 Å². The molecule has 0 aliphatic carbocycles. The molecule has 0 saturated carbocycles. The second kappa shape index (κ2) is 9.05. The highest BCUT2D eigenvalue weighted by Crippen LogP contribution is 2.30. The standard InChI is InChI=1S/C21H26N4O4S2/c1-15(20(26)24-12-5-2-6-13-24)25-14-10-17(21(25)27)23-31(28,29)19-9-8-18(30-19)16-7-3-4-11-22-16/h3-4,7-9,11,15,17,23H,2,5-6,10,12-14H2,1H3/t15-,17?/m0/s1. The number of amides is 2. The van der Waals surface area contributed by atoms with E-state index in [0.29, 0.717) is 18.7 Å². The van der Waals surface area contributed by atoms with Crippen LogP contribution < -0.4 is 4.72 Å². The van der Waals surface area contributed by atoms with Crippen LogP contribution in [-0.4, -0.2) is 66.7 Å². The Kier molecular flexibility index (Phi) is 6.40. The predicted molar refractivity (Wildman–Crippen MR) is 118 cm³/mol. The zero-order chi connectivity index (χ0) is 22.0. The Balaban J connectivity index is 1.42. The fraction of sp³-hybridized carbons (Fsp3) is 0.476. The van der Waals surface area contributed by atoms with Gasteiger partial charge in [-0.3, -0.25) is 14.6 Å². The molecule has 0 aromatic carbocycles. The van der Waals surface area contributed by atoms with Crippen molar-refractivity contribution in [1.29, 1.82) is 0 Å². The number of likely N-dealkylation sites (tertiary alicyclic amines) is 2. The Bertz CT molecular complexity index is 1050. The highest BCUT2D eigenvalue weighted by molar-refractivity contribution is 7.91. The number of carbonyl (C=O) groups excluding carboxylic acids is 2. The van der Waals surface area contributed by atoms with E-state index in [1.54, 1.807) is 25.3 Å². The predicted octanol–water partition coefficient (Wildman–Crippen LogP) is 2.09. The van der Waals surface area contributed by atoms with Crippen LogP contribution in [0.2, 0.25) is 0 Å². The average molecular weight is 463 g/mol. The maximum absolute atomic E-state index is 12.9. The molecule has 166 valence electrons. The van der Waals surface area contributed by atoms with Gasteiger partial charge in [0.25, 0.3) is 10.0 Å². The summed E-state index contributed by atoms with van der Waals surface area (Å²) in [7, 11) is -3.86. The van der Waals surface area contributed by atoms with Gasteiger partial charge in [-0.25, -0.2) is 8.42 Å². The molecule has 2 amide bonds. The molecule has 0 radical (unpaired) electrons. The average Bonchev–Trinajstić information content (AvgIpc) is 3.42. The molecule has 1 N–H and O–H groups in total. The smallest absolute Gasteiger partial charge is 0.250 e. The number of piperidine rings is 1. The summed E-state index contributed by atoms with van der Waals surface area (Å²) in [5, 5.41) is 0. The Labute approximate surface area is 186 Å². The zero-order valence-corrected chi connectivity index (χ0v) is 19.0. The zero-order valence-electron chi connectivity index (χ0n) is 17.4. The van der Waals surface area contributed by atoms with Crippen LogP contribution in [0, 0.1) is 0 Å². The van der Waals surface area contributed by atoms with E-state index in [9.17, 15) is 18.0 Å². The number of hydrogen-bond acceptors (Lipinski definition) is 6. The molecule has 2 aliphatic heterocycles. The summed E-state index contributed by atoms with van der Waals surface area (Å²) in [6, 6.07) is 7.24. The Hall–Kier alpha value is -2.30. The van der Waals surface area contributed by atoms with Crippen molar-refractivity contribution in [1.82, 2.24) is 19.5 Å². The quantitative estimate of drug-likeness (QED) is 0.709. The van der Waals surface area contributed by atoms with Crippen LogP contribution in [0.25, 0.3) is 10.6 Å². The minimum Gasteiger partial charge on any atom is -0.341 e. The van der Waals surface area contributed by atoms with E-state index in [0.717, 1.165) is 48.6 Å². The highest BCUT2D eigenvalue weighted by Gasteiger charge is 2.40. The molecule has 2 aliphatic rings. The molecule has 0 spiro atoms. The number of aromatic nitrogens is 1. The first-order chi connectivity index (χ1) is 14.9. The van der Waals surface area contributed by atoms with Crippen LogP contribution in [0.15, 0.2) is 40.7 Å². The van der Waals surface area contributed by atoms with Crippen molar-refractivity contribution < 1.29 is 18.0 Å². The number of thiophene rings is 1. The number of rotatable bonds is 6. The van der Waals surface area contributed by atoms with Gasteiger partial charge >= 0.3 is 0 Å². The first kappa shape index (κ1) is 21.9. The molecule has 31 heavy (non-hydrogen) atoms. The van der Waals surface area contributed by atoms with Crippen LogP contribution in [0.3, 0.4) is 0 Å². The molecule has 1 unspecified atom stereocenters. The normalized spacial score (nSPS) is 20.8. The van der Waals surface area contributed by atoms with Crippen LogP contribution in [-0.2, 0) is 19.6 Å². The summed E-state index contributed by atoms with van der Waals surface area (Å²) < 4.78 is 28.4. The lowest BCUT2D eigenvalue weighted by Crippen LogP contribution is -2.51. The van der Waals surface area contributed by atoms with E-state index >= 15 is 0 Å². The lowest BCUT2D eigenvalue weighted by molar-refractivity contribution is -0.143. The molecular formula is C21H26N4O4S2. The first-order valence-corrected chi connectivity index (χ1v) is 12.8. The molecule has 2 saturated heterocycles. The molecular weight excluding hydrogens is 436 g/mol. The Morgan fingerprint density at radius 3 is 2.65 bits per heavy atom. The van der Waals surface area contributed by atoms with E-state index in [-0.39, 0.29) is 16.0 Å². The minimum atomic E-state index is -3.86. The maximum Gasteiger partial charge on any atom is 0.250 e. The van der Waals surface area contributed by atoms with Gasteiger partial charge in [0.15, 0.2) is 0 Å². The maximum atomic E-state index is 12.9. The third-order valence-corrected chi connectivity index (χ3v) is 8.86. The van der Waals surface area contributed by atoms with Gasteiger partial charge in [-0.2, -0.15) is 4.72 Å². The monoisotopic (exact) mass is 462 g/mol. The van der Waals surface area contributed by atoms with Gasteiger partial charge in [0.05, 0.1) is 10.6 Å². The molecule has 0 bridgehead atoms.